The van der Waals surface area contributed by atoms with Gasteiger partial charge >= 0.3 is 0 Å². The summed E-state index contributed by atoms with van der Waals surface area (Å²) in [5.74, 6) is 0. The molecule has 0 fully saturated rings. The van der Waals surface area contributed by atoms with Crippen molar-refractivity contribution in [2.24, 2.45) is 0 Å². The van der Waals surface area contributed by atoms with Crippen molar-refractivity contribution in [3.8, 4) is 0 Å². The molecule has 0 saturated carbocycles. The molecule has 0 aliphatic rings. The Morgan fingerprint density at radius 3 is 2.00 bits per heavy atom. The van der Waals surface area contributed by atoms with Gasteiger partial charge in [-0.15, -0.1) is 0 Å². The summed E-state index contributed by atoms with van der Waals surface area (Å²) >= 11 is 0. The van der Waals surface area contributed by atoms with Gasteiger partial charge in [-0.05, 0) is 0 Å². The van der Waals surface area contributed by atoms with Crippen molar-refractivity contribution in [1.29, 1.82) is 0 Å². The fourth-order valence-corrected chi connectivity index (χ4v) is 6.21. The van der Waals surface area contributed by atoms with E-state index in [1.807, 2.05) is 0 Å². The lowest BCUT2D eigenvalue weighted by atomic mass is 10.7. The van der Waals surface area contributed by atoms with Crippen LogP contribution in [-0.4, -0.2) is 15.2 Å². The first kappa shape index (κ1) is 9.87. The molecule has 1 aromatic rings. The van der Waals surface area contributed by atoms with Crippen LogP contribution in [0.4, 0.5) is 0 Å². The minimum Gasteiger partial charge on any atom is -0.213 e. The van der Waals surface area contributed by atoms with Gasteiger partial charge in [0, 0.05) is 15.2 Å². The predicted octanol–water partition coefficient (Wildman–Crippen LogP) is 2.74. The summed E-state index contributed by atoms with van der Waals surface area (Å²) in [4.78, 5) is 0. The molecule has 0 heterocycles. The normalized spacial score (nSPS) is 13.4. The molecule has 0 saturated heterocycles. The first-order chi connectivity index (χ1) is 5.36. The molecular weight excluding hydrogens is 176 g/mol. The molecule has 1 rings (SSSR count). The van der Waals surface area contributed by atoms with Crippen LogP contribution < -0.4 is 5.19 Å². The SMILES string of the molecule is C[Si](C)(C)[Si](C)(C)c1cc[cH-]c1. The third-order valence-corrected chi connectivity index (χ3v) is 20.9. The van der Waals surface area contributed by atoms with E-state index in [1.165, 1.54) is 0 Å². The van der Waals surface area contributed by atoms with Crippen LogP contribution in [0.3, 0.4) is 0 Å². The van der Waals surface area contributed by atoms with E-state index in [2.05, 4.69) is 57.0 Å². The average molecular weight is 195 g/mol. The molecule has 2 heteroatoms. The zero-order chi connectivity index (χ0) is 9.41. The van der Waals surface area contributed by atoms with Gasteiger partial charge in [-0.2, -0.15) is 18.2 Å². The van der Waals surface area contributed by atoms with Crippen LogP contribution in [-0.2, 0) is 0 Å². The molecule has 1 aromatic carbocycles. The van der Waals surface area contributed by atoms with Gasteiger partial charge in [0.15, 0.2) is 0 Å². The molecular formula is C10H19Si2-. The Labute approximate surface area is 77.8 Å². The van der Waals surface area contributed by atoms with Gasteiger partial charge in [-0.3, -0.25) is 0 Å². The zero-order valence-electron chi connectivity index (χ0n) is 8.81. The molecule has 12 heavy (non-hydrogen) atoms. The molecule has 0 bridgehead atoms. The monoisotopic (exact) mass is 195 g/mol. The van der Waals surface area contributed by atoms with Crippen molar-refractivity contribution in [3.63, 3.8) is 0 Å². The van der Waals surface area contributed by atoms with Crippen LogP contribution in [0.15, 0.2) is 24.3 Å². The van der Waals surface area contributed by atoms with E-state index in [0.29, 0.717) is 0 Å². The largest absolute Gasteiger partial charge is 0.213 e. The molecule has 0 amide bonds. The van der Waals surface area contributed by atoms with Crippen molar-refractivity contribution in [2.75, 3.05) is 0 Å². The maximum atomic E-state index is 2.51. The Hall–Kier alpha value is -0.216. The predicted molar refractivity (Wildman–Crippen MR) is 62.5 cm³/mol. The fraction of sp³-hybridized carbons (Fsp3) is 0.500. The second-order valence-corrected chi connectivity index (χ2v) is 21.6. The van der Waals surface area contributed by atoms with Gasteiger partial charge in [0.2, 0.25) is 0 Å². The van der Waals surface area contributed by atoms with E-state index in [-0.39, 0.29) is 0 Å². The Morgan fingerprint density at radius 2 is 1.67 bits per heavy atom. The average Bonchev–Trinajstić information content (AvgIpc) is 2.34. The van der Waals surface area contributed by atoms with Crippen LogP contribution in [0, 0.1) is 0 Å². The Bertz CT molecular complexity index is 239. The van der Waals surface area contributed by atoms with E-state index in [4.69, 9.17) is 0 Å². The Kier molecular flexibility index (Phi) is 2.41. The van der Waals surface area contributed by atoms with Crippen LogP contribution in [0.25, 0.3) is 0 Å². The van der Waals surface area contributed by atoms with Gasteiger partial charge in [0.1, 0.15) is 0 Å². The molecule has 0 N–H and O–H groups in total. The summed E-state index contributed by atoms with van der Waals surface area (Å²) in [6, 6.07) is 8.96. The molecule has 0 aliphatic carbocycles. The van der Waals surface area contributed by atoms with Gasteiger partial charge < -0.3 is 0 Å². The smallest absolute Gasteiger partial charge is 0.0293 e. The molecule has 68 valence electrons. The topological polar surface area (TPSA) is 0 Å². The number of hydrogen-bond acceptors (Lipinski definition) is 0. The molecule has 0 spiro atoms. The molecule has 0 aromatic heterocycles. The van der Waals surface area contributed by atoms with Crippen LogP contribution >= 0.6 is 0 Å². The highest BCUT2D eigenvalue weighted by atomic mass is 29.3. The first-order valence-corrected chi connectivity index (χ1v) is 12.1. The van der Waals surface area contributed by atoms with Crippen molar-refractivity contribution in [1.82, 2.24) is 0 Å². The lowest BCUT2D eigenvalue weighted by Crippen LogP contribution is -2.60. The maximum Gasteiger partial charge on any atom is 0.0293 e. The third-order valence-electron chi connectivity index (χ3n) is 3.26. The lowest BCUT2D eigenvalue weighted by Gasteiger charge is -2.40. The fourth-order valence-electron chi connectivity index (χ4n) is 1.22. The molecule has 0 radical (unpaired) electrons. The van der Waals surface area contributed by atoms with Gasteiger partial charge in [0.05, 0.1) is 0 Å². The van der Waals surface area contributed by atoms with Crippen molar-refractivity contribution in [3.05, 3.63) is 24.3 Å². The first-order valence-electron chi connectivity index (χ1n) is 4.58. The van der Waals surface area contributed by atoms with Crippen molar-refractivity contribution >= 4 is 20.4 Å². The minimum absolute atomic E-state index is 0.951. The lowest BCUT2D eigenvalue weighted by molar-refractivity contribution is 1.74. The minimum atomic E-state index is -1.09. The summed E-state index contributed by atoms with van der Waals surface area (Å²) in [6.07, 6.45) is 0. The van der Waals surface area contributed by atoms with Crippen molar-refractivity contribution < 1.29 is 0 Å². The maximum absolute atomic E-state index is 2.51. The zero-order valence-corrected chi connectivity index (χ0v) is 10.8. The standard InChI is InChI=1S/C10H19Si2/c1-11(2,3)12(4,5)10-8-6-7-9-10/h6-9H,1-5H3/q-1. The summed E-state index contributed by atoms with van der Waals surface area (Å²) in [5, 5.41) is 1.64. The quantitative estimate of drug-likeness (QED) is 0.503. The summed E-state index contributed by atoms with van der Waals surface area (Å²) in [7, 11) is -2.04. The van der Waals surface area contributed by atoms with Gasteiger partial charge in [0.25, 0.3) is 0 Å². The molecule has 0 atom stereocenters. The summed E-state index contributed by atoms with van der Waals surface area (Å²) in [6.45, 7) is 12.5. The van der Waals surface area contributed by atoms with E-state index in [9.17, 15) is 0 Å². The van der Waals surface area contributed by atoms with E-state index in [0.717, 1.165) is 0 Å². The second kappa shape index (κ2) is 2.93. The van der Waals surface area contributed by atoms with E-state index < -0.39 is 15.2 Å². The highest BCUT2D eigenvalue weighted by Crippen LogP contribution is 2.18. The molecule has 0 unspecified atom stereocenters. The summed E-state index contributed by atoms with van der Waals surface area (Å²) < 4.78 is 0. The van der Waals surface area contributed by atoms with Crippen molar-refractivity contribution in [2.45, 2.75) is 32.7 Å². The molecule has 0 nitrogen and oxygen atoms in total. The highest BCUT2D eigenvalue weighted by molar-refractivity contribution is 7.45. The van der Waals surface area contributed by atoms with Gasteiger partial charge in [-0.25, -0.2) is 11.3 Å². The van der Waals surface area contributed by atoms with Crippen LogP contribution in [0.1, 0.15) is 0 Å². The number of rotatable bonds is 2. The highest BCUT2D eigenvalue weighted by Gasteiger charge is 2.33. The summed E-state index contributed by atoms with van der Waals surface area (Å²) in [5.41, 5.74) is 0. The van der Waals surface area contributed by atoms with Gasteiger partial charge in [-0.1, -0.05) is 32.7 Å². The molecule has 0 aliphatic heterocycles. The van der Waals surface area contributed by atoms with E-state index in [1.54, 1.807) is 5.19 Å². The number of hydrogen-bond donors (Lipinski definition) is 0. The second-order valence-electron chi connectivity index (χ2n) is 5.05. The Balaban J connectivity index is 3.02. The Morgan fingerprint density at radius 1 is 1.08 bits per heavy atom. The van der Waals surface area contributed by atoms with E-state index >= 15 is 0 Å². The van der Waals surface area contributed by atoms with Crippen LogP contribution in [0.5, 0.6) is 0 Å². The van der Waals surface area contributed by atoms with Crippen LogP contribution in [0.2, 0.25) is 32.7 Å². The third kappa shape index (κ3) is 1.59.